The molecule has 0 aliphatic rings. The molecule has 0 aliphatic heterocycles. The minimum Gasteiger partial charge on any atom is -0.397 e. The van der Waals surface area contributed by atoms with Gasteiger partial charge in [0.2, 0.25) is 0 Å². The number of rotatable bonds is 13. The number of azo groups is 2. The molecule has 0 amide bonds. The molecule has 0 saturated carbocycles. The Balaban J connectivity index is 1.95. The molecule has 3 aromatic carbocycles. The number of hydrogen-bond donors (Lipinski definition) is 5. The summed E-state index contributed by atoms with van der Waals surface area (Å²) in [5.41, 5.74) is 12.4. The van der Waals surface area contributed by atoms with Crippen molar-refractivity contribution < 1.29 is 53.2 Å². The summed E-state index contributed by atoms with van der Waals surface area (Å²) in [7, 11) is -13.6. The number of sulfone groups is 1. The first-order valence-electron chi connectivity index (χ1n) is 11.2. The second kappa shape index (κ2) is 13.8. The van der Waals surface area contributed by atoms with E-state index < -0.39 is 47.6 Å². The summed E-state index contributed by atoms with van der Waals surface area (Å²) in [6, 6.07) is 10.0. The summed E-state index contributed by atoms with van der Waals surface area (Å²) >= 11 is 0.349. The van der Waals surface area contributed by atoms with Crippen LogP contribution in [0.15, 0.2) is 83.7 Å². The fourth-order valence-corrected chi connectivity index (χ4v) is 5.93. The smallest absolute Gasteiger partial charge is 0.397 e. The van der Waals surface area contributed by atoms with Gasteiger partial charge in [0.15, 0.2) is 9.84 Å². The summed E-state index contributed by atoms with van der Waals surface area (Å²) in [6.45, 7) is 0.755. The first-order valence-corrected chi connectivity index (χ1v) is 16.4. The van der Waals surface area contributed by atoms with Crippen LogP contribution < -0.4 is 11.5 Å². The van der Waals surface area contributed by atoms with E-state index in [9.17, 15) is 29.8 Å². The third-order valence-electron chi connectivity index (χ3n) is 5.13. The Hall–Kier alpha value is -3.58. The van der Waals surface area contributed by atoms with Gasteiger partial charge in [0.25, 0.3) is 10.1 Å². The van der Waals surface area contributed by atoms with Crippen LogP contribution in [-0.2, 0) is 43.9 Å². The maximum atomic E-state index is 12.6. The van der Waals surface area contributed by atoms with Crippen molar-refractivity contribution in [1.82, 2.24) is 0 Å². The van der Waals surface area contributed by atoms with E-state index in [0.717, 1.165) is 12.1 Å². The van der Waals surface area contributed by atoms with Gasteiger partial charge in [0, 0.05) is 0 Å². The number of nitrogens with two attached hydrogens (primary N) is 2. The molecule has 0 unspecified atom stereocenters. The fourth-order valence-electron chi connectivity index (χ4n) is 3.17. The number of nitrogen functional groups attached to an aromatic ring is 2. The molecule has 0 radical (unpaired) electrons. The maximum absolute atomic E-state index is 12.6. The van der Waals surface area contributed by atoms with Crippen LogP contribution in [0.4, 0.5) is 34.1 Å². The number of anilines is 2. The summed E-state index contributed by atoms with van der Waals surface area (Å²) in [6.07, 6.45) is 0. The Labute approximate surface area is 249 Å². The summed E-state index contributed by atoms with van der Waals surface area (Å²) < 4.78 is 96.5. The largest absolute Gasteiger partial charge is 0.397 e. The molecule has 0 bridgehead atoms. The van der Waals surface area contributed by atoms with Crippen LogP contribution in [0.25, 0.3) is 0 Å². The minimum atomic E-state index is -4.85. The van der Waals surface area contributed by atoms with Crippen LogP contribution in [0, 0.1) is 6.92 Å². The average Bonchev–Trinajstić information content (AvgIpc) is 2.90. The second-order valence-electron chi connectivity index (χ2n) is 8.24. The lowest BCUT2D eigenvalue weighted by atomic mass is 10.2. The van der Waals surface area contributed by atoms with Gasteiger partial charge >= 0.3 is 10.4 Å². The molecule has 0 spiro atoms. The van der Waals surface area contributed by atoms with Gasteiger partial charge in [-0.1, -0.05) is 11.1 Å². The third kappa shape index (κ3) is 9.72. The molecule has 3 rings (SSSR count). The zero-order chi connectivity index (χ0) is 32.0. The zero-order valence-electron chi connectivity index (χ0n) is 21.6. The van der Waals surface area contributed by atoms with E-state index in [1.54, 1.807) is 13.0 Å². The standard InChI is InChI=1S/C21H22N6O12S4/c1-12-2-4-17(21(8-12)42(31,32)33)25-27-19-11-18(14(22)10-15(19)23)26-24-16-5-3-13(9-20(16)40-39-38-28)41(29,30)7-6-37-43(34,35)36/h2-5,8-11,28H,6-7,22-23H2,1H3,(H,31,32,33)(H,34,35,36). The predicted octanol–water partition coefficient (Wildman–Crippen LogP) is 4.26. The van der Waals surface area contributed by atoms with E-state index in [-0.39, 0.29) is 43.9 Å². The van der Waals surface area contributed by atoms with E-state index in [2.05, 4.69) is 34.0 Å². The number of aryl methyl sites for hydroxylation is 1. The molecular weight excluding hydrogens is 657 g/mol. The Kier molecular flexibility index (Phi) is 10.9. The molecule has 232 valence electrons. The molecule has 43 heavy (non-hydrogen) atoms. The lowest BCUT2D eigenvalue weighted by molar-refractivity contribution is -0.432. The Bertz CT molecular complexity index is 1900. The number of nitrogens with zero attached hydrogens (tertiary/aromatic N) is 4. The highest BCUT2D eigenvalue weighted by atomic mass is 32.3. The van der Waals surface area contributed by atoms with Crippen molar-refractivity contribution >= 4 is 76.5 Å². The monoisotopic (exact) mass is 678 g/mol. The molecule has 0 atom stereocenters. The van der Waals surface area contributed by atoms with E-state index in [0.29, 0.717) is 17.6 Å². The minimum absolute atomic E-state index is 0.00480. The average molecular weight is 679 g/mol. The lowest BCUT2D eigenvalue weighted by Crippen LogP contribution is -2.15. The van der Waals surface area contributed by atoms with Crippen LogP contribution >= 0.6 is 12.0 Å². The highest BCUT2D eigenvalue weighted by Crippen LogP contribution is 2.38. The van der Waals surface area contributed by atoms with Crippen molar-refractivity contribution in [3.05, 3.63) is 54.1 Å². The molecule has 0 aliphatic carbocycles. The van der Waals surface area contributed by atoms with E-state index >= 15 is 0 Å². The van der Waals surface area contributed by atoms with Gasteiger partial charge in [-0.05, 0) is 55.0 Å². The van der Waals surface area contributed by atoms with E-state index in [4.69, 9.17) is 21.3 Å². The lowest BCUT2D eigenvalue weighted by Gasteiger charge is -2.08. The van der Waals surface area contributed by atoms with E-state index in [1.165, 1.54) is 30.3 Å². The molecule has 7 N–H and O–H groups in total. The quantitative estimate of drug-likeness (QED) is 0.0421. The maximum Gasteiger partial charge on any atom is 0.397 e. The molecule has 0 saturated heterocycles. The fraction of sp³-hybridized carbons (Fsp3) is 0.143. The van der Waals surface area contributed by atoms with Crippen LogP contribution in [0.1, 0.15) is 5.56 Å². The van der Waals surface area contributed by atoms with Crippen molar-refractivity contribution in [3.8, 4) is 0 Å². The molecule has 18 nitrogen and oxygen atoms in total. The zero-order valence-corrected chi connectivity index (χ0v) is 24.9. The van der Waals surface area contributed by atoms with Gasteiger partial charge in [-0.2, -0.15) is 16.8 Å². The molecule has 0 fully saturated rings. The molecule has 0 heterocycles. The number of benzene rings is 3. The van der Waals surface area contributed by atoms with Crippen molar-refractivity contribution in [2.45, 2.75) is 21.6 Å². The Morgan fingerprint density at radius 3 is 1.95 bits per heavy atom. The Morgan fingerprint density at radius 2 is 1.37 bits per heavy atom. The van der Waals surface area contributed by atoms with Gasteiger partial charge in [-0.25, -0.2) is 17.9 Å². The topological polar surface area (TPSA) is 292 Å². The Morgan fingerprint density at radius 1 is 0.791 bits per heavy atom. The summed E-state index contributed by atoms with van der Waals surface area (Å²) in [5, 5.41) is 27.9. The van der Waals surface area contributed by atoms with Crippen LogP contribution in [0.5, 0.6) is 0 Å². The first kappa shape index (κ1) is 33.9. The molecule has 3 aromatic rings. The molecular formula is C21H22N6O12S4. The van der Waals surface area contributed by atoms with Gasteiger partial charge in [0.05, 0.1) is 45.6 Å². The predicted molar refractivity (Wildman–Crippen MR) is 151 cm³/mol. The van der Waals surface area contributed by atoms with Gasteiger partial charge in [-0.3, -0.25) is 9.11 Å². The molecule has 22 heteroatoms. The highest BCUT2D eigenvalue weighted by molar-refractivity contribution is 7.95. The SMILES string of the molecule is Cc1ccc(N=Nc2cc(N=Nc3ccc(S(=O)(=O)CCOS(=O)(=O)O)cc3SOOO)c(N)cc2N)c(S(=O)(=O)O)c1. The second-order valence-corrected chi connectivity index (χ2v) is 13.6. The van der Waals surface area contributed by atoms with Gasteiger partial charge < -0.3 is 11.5 Å². The van der Waals surface area contributed by atoms with Crippen LogP contribution in [0.2, 0.25) is 0 Å². The normalized spacial score (nSPS) is 12.8. The molecule has 0 aromatic heterocycles. The highest BCUT2D eigenvalue weighted by Gasteiger charge is 2.20. The van der Waals surface area contributed by atoms with Crippen molar-refractivity contribution in [1.29, 1.82) is 0 Å². The first-order chi connectivity index (χ1) is 20.0. The van der Waals surface area contributed by atoms with Crippen molar-refractivity contribution in [2.24, 2.45) is 20.5 Å². The third-order valence-corrected chi connectivity index (χ3v) is 8.79. The van der Waals surface area contributed by atoms with E-state index in [1.807, 2.05) is 0 Å². The number of hydrogen-bond acceptors (Lipinski definition) is 17. The van der Waals surface area contributed by atoms with Gasteiger partial charge in [0.1, 0.15) is 27.6 Å². The van der Waals surface area contributed by atoms with Crippen LogP contribution in [-0.4, -0.2) is 52.0 Å². The summed E-state index contributed by atoms with van der Waals surface area (Å²) in [5.74, 6) is -0.817. The van der Waals surface area contributed by atoms with Crippen molar-refractivity contribution in [3.63, 3.8) is 0 Å². The van der Waals surface area contributed by atoms with Crippen molar-refractivity contribution in [2.75, 3.05) is 23.8 Å². The van der Waals surface area contributed by atoms with Crippen LogP contribution in [0.3, 0.4) is 0 Å². The summed E-state index contributed by atoms with van der Waals surface area (Å²) in [4.78, 5) is -0.842. The van der Waals surface area contributed by atoms with Gasteiger partial charge in [-0.15, -0.1) is 24.8 Å².